The highest BCUT2D eigenvalue weighted by Crippen LogP contribution is 2.48. The number of pyridine rings is 1. The molecule has 2 aliphatic heterocycles. The van der Waals surface area contributed by atoms with E-state index in [1.807, 2.05) is 54.6 Å². The number of rotatable bonds is 8. The van der Waals surface area contributed by atoms with Crippen molar-refractivity contribution in [3.63, 3.8) is 0 Å². The van der Waals surface area contributed by atoms with E-state index in [-0.39, 0.29) is 18.9 Å². The Labute approximate surface area is 333 Å². The highest BCUT2D eigenvalue weighted by atomic mass is 32.2. The maximum absolute atomic E-state index is 14.6. The first-order valence-corrected chi connectivity index (χ1v) is 21.6. The summed E-state index contributed by atoms with van der Waals surface area (Å²) in [5.74, 6) is -0.942. The molecule has 7 rings (SSSR count). The van der Waals surface area contributed by atoms with Gasteiger partial charge in [-0.25, -0.2) is 18.2 Å². The highest BCUT2D eigenvalue weighted by molar-refractivity contribution is 7.91. The Bertz CT molecular complexity index is 2120. The summed E-state index contributed by atoms with van der Waals surface area (Å²) in [4.78, 5) is 62.4. The number of nitrogens with one attached hydrogen (secondary N) is 3. The summed E-state index contributed by atoms with van der Waals surface area (Å²) in [6.07, 6.45) is 4.89. The van der Waals surface area contributed by atoms with Crippen LogP contribution in [0.5, 0.6) is 11.5 Å². The minimum atomic E-state index is -3.88. The van der Waals surface area contributed by atoms with Crippen LogP contribution in [-0.2, 0) is 29.1 Å². The Kier molecular flexibility index (Phi) is 11.4. The fourth-order valence-electron chi connectivity index (χ4n) is 8.04. The minimum Gasteiger partial charge on any atom is -0.497 e. The van der Waals surface area contributed by atoms with Crippen LogP contribution in [0.1, 0.15) is 91.4 Å². The number of hydrogen-bond donors (Lipinski definition) is 3. The second-order valence-corrected chi connectivity index (χ2v) is 18.8. The third kappa shape index (κ3) is 9.29. The van der Waals surface area contributed by atoms with E-state index >= 15 is 0 Å². The summed E-state index contributed by atoms with van der Waals surface area (Å²) in [6, 6.07) is 14.9. The zero-order valence-electron chi connectivity index (χ0n) is 33.0. The highest BCUT2D eigenvalue weighted by Gasteiger charge is 2.62. The number of aromatic nitrogens is 1. The van der Waals surface area contributed by atoms with Crippen LogP contribution >= 0.6 is 0 Å². The van der Waals surface area contributed by atoms with Gasteiger partial charge in [-0.1, -0.05) is 62.4 Å². The number of nitrogens with zero attached hydrogens (tertiary/aromatic N) is 2. The summed E-state index contributed by atoms with van der Waals surface area (Å²) >= 11 is 0. The van der Waals surface area contributed by atoms with E-state index in [4.69, 9.17) is 19.2 Å². The zero-order chi connectivity index (χ0) is 40.5. The Balaban J connectivity index is 1.22. The van der Waals surface area contributed by atoms with Gasteiger partial charge in [-0.3, -0.25) is 19.1 Å². The van der Waals surface area contributed by atoms with Crippen molar-refractivity contribution < 1.29 is 41.8 Å². The monoisotopic (exact) mass is 803 g/mol. The molecule has 5 atom stereocenters. The first kappa shape index (κ1) is 40.3. The topological polar surface area (TPSA) is 182 Å². The molecule has 57 heavy (non-hydrogen) atoms. The van der Waals surface area contributed by atoms with Crippen LogP contribution in [0, 0.1) is 5.92 Å². The van der Waals surface area contributed by atoms with Gasteiger partial charge in [0.2, 0.25) is 21.8 Å². The fourth-order valence-corrected chi connectivity index (χ4v) is 9.40. The van der Waals surface area contributed by atoms with Gasteiger partial charge in [-0.15, -0.1) is 0 Å². The predicted molar refractivity (Wildman–Crippen MR) is 213 cm³/mol. The number of amides is 4. The van der Waals surface area contributed by atoms with E-state index in [9.17, 15) is 27.6 Å². The van der Waals surface area contributed by atoms with E-state index < -0.39 is 68.4 Å². The van der Waals surface area contributed by atoms with Gasteiger partial charge in [0.1, 0.15) is 40.8 Å². The average Bonchev–Trinajstić information content (AvgIpc) is 4.09. The molecule has 3 aromatic rings. The molecule has 3 heterocycles. The van der Waals surface area contributed by atoms with Crippen LogP contribution < -0.4 is 24.8 Å². The van der Waals surface area contributed by atoms with Crippen LogP contribution in [0.2, 0.25) is 0 Å². The second-order valence-electron chi connectivity index (χ2n) is 16.8. The molecule has 2 saturated carbocycles. The molecule has 4 aliphatic rings. The van der Waals surface area contributed by atoms with Crippen molar-refractivity contribution >= 4 is 44.7 Å². The van der Waals surface area contributed by atoms with Gasteiger partial charge in [-0.2, -0.15) is 0 Å². The molecule has 4 fully saturated rings. The summed E-state index contributed by atoms with van der Waals surface area (Å²) in [5, 5.41) is 5.82. The van der Waals surface area contributed by atoms with E-state index in [0.29, 0.717) is 66.6 Å². The zero-order valence-corrected chi connectivity index (χ0v) is 33.9. The van der Waals surface area contributed by atoms with Crippen molar-refractivity contribution in [1.82, 2.24) is 25.2 Å². The number of alkyl carbamates (subject to hydrolysis) is 1. The third-order valence-electron chi connectivity index (χ3n) is 11.3. The number of carbonyl (C=O) groups excluding carboxylic acids is 4. The van der Waals surface area contributed by atoms with Crippen LogP contribution in [0.3, 0.4) is 0 Å². The first-order valence-electron chi connectivity index (χ1n) is 20.0. The Morgan fingerprint density at radius 2 is 1.67 bits per heavy atom. The standard InChI is InChI=1S/C42H53N5O9S/c1-41(2,3)56-40(51)44-32-16-12-7-5-6-11-15-27-24-42(27,39(50)46-57(52,53)30-18-19-30)45-37(48)35-22-29(25-47(35)38(32)49)55-36-23-33(26-13-9-8-10-14-26)43-34-21-28(54-4)17-20-31(34)36/h8-10,13-14,17,20-21,23,27,29-30,32,35H,5-7,11-12,15-16,18-19,22,24-25H2,1-4H3,(H,44,51)(H,45,48)(H,46,50)/t27-,29?,32+,35+,42-/m1/s1. The molecular formula is C42H53N5O9S. The third-order valence-corrected chi connectivity index (χ3v) is 13.1. The lowest BCUT2D eigenvalue weighted by atomic mass is 10.0. The number of carbonyl (C=O) groups is 4. The molecule has 3 N–H and O–H groups in total. The molecule has 2 saturated heterocycles. The summed E-state index contributed by atoms with van der Waals surface area (Å²) in [6.45, 7) is 5.22. The average molecular weight is 804 g/mol. The van der Waals surface area contributed by atoms with Gasteiger partial charge in [0.25, 0.3) is 5.91 Å². The molecule has 1 unspecified atom stereocenters. The largest absolute Gasteiger partial charge is 0.497 e. The minimum absolute atomic E-state index is 0.00272. The van der Waals surface area contributed by atoms with Gasteiger partial charge in [0.15, 0.2) is 0 Å². The lowest BCUT2D eigenvalue weighted by Crippen LogP contribution is -2.58. The lowest BCUT2D eigenvalue weighted by Gasteiger charge is -2.30. The summed E-state index contributed by atoms with van der Waals surface area (Å²) in [7, 11) is -2.30. The van der Waals surface area contributed by atoms with E-state index in [0.717, 1.165) is 31.2 Å². The number of methoxy groups -OCH3 is 1. The van der Waals surface area contributed by atoms with E-state index in [1.54, 1.807) is 27.9 Å². The van der Waals surface area contributed by atoms with Gasteiger partial charge >= 0.3 is 6.09 Å². The molecular weight excluding hydrogens is 751 g/mol. The summed E-state index contributed by atoms with van der Waals surface area (Å²) in [5.41, 5.74) is -0.0820. The Morgan fingerprint density at radius 1 is 0.947 bits per heavy atom. The van der Waals surface area contributed by atoms with Gasteiger partial charge in [0.05, 0.1) is 30.1 Å². The fraction of sp³-hybridized carbons (Fsp3) is 0.548. The van der Waals surface area contributed by atoms with Crippen molar-refractivity contribution in [2.45, 2.75) is 126 Å². The van der Waals surface area contributed by atoms with Crippen LogP contribution in [0.4, 0.5) is 4.79 Å². The van der Waals surface area contributed by atoms with Crippen molar-refractivity contribution in [3.05, 3.63) is 54.6 Å². The number of sulfonamides is 1. The van der Waals surface area contributed by atoms with Gasteiger partial charge in [-0.05, 0) is 70.9 Å². The maximum Gasteiger partial charge on any atom is 0.408 e. The SMILES string of the molecule is COc1ccc2c(OC3C[C@H]4C(=O)N[C@]5(C(=O)NS(=O)(=O)C6CC6)C[C@H]5CCCCCCC[C@H](NC(=O)OC(C)(C)C)C(=O)N4C3)cc(-c3ccccc3)nc2c1. The van der Waals surface area contributed by atoms with Gasteiger partial charge < -0.3 is 29.7 Å². The lowest BCUT2D eigenvalue weighted by molar-refractivity contribution is -0.141. The molecule has 306 valence electrons. The predicted octanol–water partition coefficient (Wildman–Crippen LogP) is 5.38. The molecule has 0 radical (unpaired) electrons. The van der Waals surface area contributed by atoms with Crippen molar-refractivity contribution in [2.24, 2.45) is 5.92 Å². The molecule has 15 heteroatoms. The van der Waals surface area contributed by atoms with Crippen molar-refractivity contribution in [1.29, 1.82) is 0 Å². The first-order chi connectivity index (χ1) is 27.2. The maximum atomic E-state index is 14.6. The Morgan fingerprint density at radius 3 is 2.37 bits per heavy atom. The molecule has 2 aliphatic carbocycles. The molecule has 2 aromatic carbocycles. The smallest absolute Gasteiger partial charge is 0.408 e. The molecule has 14 nitrogen and oxygen atoms in total. The normalized spacial score (nSPS) is 25.9. The Hall–Kier alpha value is -4.92. The molecule has 0 spiro atoms. The van der Waals surface area contributed by atoms with Crippen molar-refractivity contribution in [3.8, 4) is 22.8 Å². The van der Waals surface area contributed by atoms with E-state index in [1.165, 1.54) is 4.90 Å². The molecule has 0 bridgehead atoms. The molecule has 4 amide bonds. The van der Waals surface area contributed by atoms with Crippen LogP contribution in [0.25, 0.3) is 22.2 Å². The molecule has 1 aromatic heterocycles. The van der Waals surface area contributed by atoms with Gasteiger partial charge in [0, 0.05) is 29.5 Å². The summed E-state index contributed by atoms with van der Waals surface area (Å²) < 4.78 is 45.9. The van der Waals surface area contributed by atoms with Crippen molar-refractivity contribution in [2.75, 3.05) is 13.7 Å². The number of hydrogen-bond acceptors (Lipinski definition) is 10. The number of fused-ring (bicyclic) bond motifs is 3. The van der Waals surface area contributed by atoms with Crippen LogP contribution in [-0.4, -0.2) is 90.3 Å². The van der Waals surface area contributed by atoms with E-state index in [2.05, 4.69) is 15.4 Å². The second kappa shape index (κ2) is 16.1. The quantitative estimate of drug-likeness (QED) is 0.268. The van der Waals surface area contributed by atoms with Crippen LogP contribution in [0.15, 0.2) is 54.6 Å². The number of ether oxygens (including phenoxy) is 3. The number of benzene rings is 2.